The van der Waals surface area contributed by atoms with Crippen LogP contribution in [0, 0.1) is 0 Å². The van der Waals surface area contributed by atoms with E-state index in [1.807, 2.05) is 0 Å². The van der Waals surface area contributed by atoms with E-state index in [9.17, 15) is 9.59 Å². The minimum atomic E-state index is -0.576. The van der Waals surface area contributed by atoms with E-state index < -0.39 is 6.04 Å². The Kier molecular flexibility index (Phi) is 4.21. The topological polar surface area (TPSA) is 84.4 Å². The molecule has 98 valence electrons. The molecule has 1 saturated heterocycles. The SMILES string of the molecule is CCOC(=O)C1CNCCN1C(=O)c1cnns1. The van der Waals surface area contributed by atoms with Gasteiger partial charge in [-0.3, -0.25) is 4.79 Å². The molecule has 0 spiro atoms. The van der Waals surface area contributed by atoms with Crippen LogP contribution in [0.4, 0.5) is 0 Å². The van der Waals surface area contributed by atoms with Crippen LogP contribution in [-0.2, 0) is 9.53 Å². The number of nitrogens with one attached hydrogen (secondary N) is 1. The first-order valence-electron chi connectivity index (χ1n) is 5.69. The summed E-state index contributed by atoms with van der Waals surface area (Å²) in [7, 11) is 0. The molecule has 1 amide bonds. The zero-order valence-electron chi connectivity index (χ0n) is 9.96. The average Bonchev–Trinajstić information content (AvgIpc) is 2.92. The number of carbonyl (C=O) groups is 2. The minimum Gasteiger partial charge on any atom is -0.464 e. The van der Waals surface area contributed by atoms with Gasteiger partial charge in [-0.25, -0.2) is 4.79 Å². The van der Waals surface area contributed by atoms with Crippen molar-refractivity contribution in [3.8, 4) is 0 Å². The number of hydrogen-bond donors (Lipinski definition) is 1. The maximum Gasteiger partial charge on any atom is 0.330 e. The van der Waals surface area contributed by atoms with Crippen LogP contribution in [0.1, 0.15) is 16.6 Å². The fraction of sp³-hybridized carbons (Fsp3) is 0.600. The first-order chi connectivity index (χ1) is 8.74. The Morgan fingerprint density at radius 1 is 1.67 bits per heavy atom. The lowest BCUT2D eigenvalue weighted by Gasteiger charge is -2.33. The van der Waals surface area contributed by atoms with Crippen LogP contribution in [-0.4, -0.2) is 58.6 Å². The van der Waals surface area contributed by atoms with Crippen molar-refractivity contribution in [2.24, 2.45) is 0 Å². The normalized spacial score (nSPS) is 19.6. The second-order valence-electron chi connectivity index (χ2n) is 3.75. The Morgan fingerprint density at radius 2 is 2.50 bits per heavy atom. The molecule has 1 atom stereocenters. The molecule has 8 heteroatoms. The molecule has 0 aromatic carbocycles. The van der Waals surface area contributed by atoms with Crippen LogP contribution in [0.5, 0.6) is 0 Å². The number of ether oxygens (including phenoxy) is 1. The first kappa shape index (κ1) is 12.9. The lowest BCUT2D eigenvalue weighted by atomic mass is 10.2. The number of esters is 1. The van der Waals surface area contributed by atoms with Crippen molar-refractivity contribution in [3.05, 3.63) is 11.1 Å². The van der Waals surface area contributed by atoms with Crippen molar-refractivity contribution in [2.45, 2.75) is 13.0 Å². The third-order valence-corrected chi connectivity index (χ3v) is 3.29. The van der Waals surface area contributed by atoms with E-state index in [-0.39, 0.29) is 11.9 Å². The molecule has 1 aliphatic heterocycles. The van der Waals surface area contributed by atoms with Gasteiger partial charge in [0.25, 0.3) is 5.91 Å². The molecule has 1 N–H and O–H groups in total. The predicted octanol–water partition coefficient (Wildman–Crippen LogP) is -0.485. The lowest BCUT2D eigenvalue weighted by molar-refractivity contribution is -0.149. The van der Waals surface area contributed by atoms with Gasteiger partial charge in [0.1, 0.15) is 10.9 Å². The van der Waals surface area contributed by atoms with Crippen molar-refractivity contribution >= 4 is 23.4 Å². The molecule has 0 aliphatic carbocycles. The maximum absolute atomic E-state index is 12.2. The van der Waals surface area contributed by atoms with E-state index in [0.29, 0.717) is 31.1 Å². The van der Waals surface area contributed by atoms with Crippen molar-refractivity contribution < 1.29 is 14.3 Å². The Hall–Kier alpha value is -1.54. The fourth-order valence-corrected chi connectivity index (χ4v) is 2.27. The number of rotatable bonds is 3. The summed E-state index contributed by atoms with van der Waals surface area (Å²) in [6.07, 6.45) is 1.41. The van der Waals surface area contributed by atoms with E-state index in [4.69, 9.17) is 4.74 Å². The van der Waals surface area contributed by atoms with Crippen LogP contribution in [0.15, 0.2) is 6.20 Å². The molecule has 2 heterocycles. The van der Waals surface area contributed by atoms with Gasteiger partial charge in [-0.05, 0) is 18.5 Å². The number of piperazine rings is 1. The van der Waals surface area contributed by atoms with Crippen LogP contribution in [0.3, 0.4) is 0 Å². The summed E-state index contributed by atoms with van der Waals surface area (Å²) in [6.45, 7) is 3.60. The van der Waals surface area contributed by atoms with Gasteiger partial charge in [-0.1, -0.05) is 4.49 Å². The molecule has 1 aromatic rings. The van der Waals surface area contributed by atoms with Gasteiger partial charge in [0.15, 0.2) is 0 Å². The quantitative estimate of drug-likeness (QED) is 0.746. The molecule has 1 aromatic heterocycles. The van der Waals surface area contributed by atoms with E-state index in [1.54, 1.807) is 6.92 Å². The highest BCUT2D eigenvalue weighted by Gasteiger charge is 2.34. The molecule has 1 aliphatic rings. The summed E-state index contributed by atoms with van der Waals surface area (Å²) in [5.74, 6) is -0.597. The van der Waals surface area contributed by atoms with Crippen molar-refractivity contribution in [1.29, 1.82) is 0 Å². The highest BCUT2D eigenvalue weighted by Crippen LogP contribution is 2.13. The van der Waals surface area contributed by atoms with E-state index in [1.165, 1.54) is 11.1 Å². The monoisotopic (exact) mass is 270 g/mol. The molecule has 7 nitrogen and oxygen atoms in total. The zero-order chi connectivity index (χ0) is 13.0. The number of nitrogens with zero attached hydrogens (tertiary/aromatic N) is 3. The number of aromatic nitrogens is 2. The van der Waals surface area contributed by atoms with Gasteiger partial charge >= 0.3 is 5.97 Å². The highest BCUT2D eigenvalue weighted by molar-refractivity contribution is 7.07. The molecule has 0 bridgehead atoms. The van der Waals surface area contributed by atoms with Gasteiger partial charge in [0, 0.05) is 19.6 Å². The molecular formula is C10H14N4O3S. The molecule has 0 saturated carbocycles. The number of amides is 1. The minimum absolute atomic E-state index is 0.218. The Labute approximate surface area is 108 Å². The zero-order valence-corrected chi connectivity index (χ0v) is 10.8. The Balaban J connectivity index is 2.12. The second kappa shape index (κ2) is 5.87. The molecular weight excluding hydrogens is 256 g/mol. The second-order valence-corrected chi connectivity index (χ2v) is 4.54. The molecule has 1 fully saturated rings. The molecule has 2 rings (SSSR count). The summed E-state index contributed by atoms with van der Waals surface area (Å²) >= 11 is 1.03. The average molecular weight is 270 g/mol. The summed E-state index contributed by atoms with van der Waals surface area (Å²) in [4.78, 5) is 26.0. The van der Waals surface area contributed by atoms with Gasteiger partial charge in [0.2, 0.25) is 0 Å². The Morgan fingerprint density at radius 3 is 3.17 bits per heavy atom. The molecule has 18 heavy (non-hydrogen) atoms. The standard InChI is InChI=1S/C10H14N4O3S/c1-2-17-10(16)7-5-11-3-4-14(7)9(15)8-6-12-13-18-8/h6-7,11H,2-5H2,1H3. The molecule has 1 unspecified atom stereocenters. The van der Waals surface area contributed by atoms with Crippen molar-refractivity contribution in [2.75, 3.05) is 26.2 Å². The summed E-state index contributed by atoms with van der Waals surface area (Å²) in [5.41, 5.74) is 0. The van der Waals surface area contributed by atoms with E-state index >= 15 is 0 Å². The highest BCUT2D eigenvalue weighted by atomic mass is 32.1. The van der Waals surface area contributed by atoms with Gasteiger partial charge in [-0.2, -0.15) is 0 Å². The third kappa shape index (κ3) is 2.65. The van der Waals surface area contributed by atoms with Gasteiger partial charge < -0.3 is 15.0 Å². The Bertz CT molecular complexity index is 423. The van der Waals surface area contributed by atoms with Crippen molar-refractivity contribution in [3.63, 3.8) is 0 Å². The maximum atomic E-state index is 12.2. The van der Waals surface area contributed by atoms with Crippen LogP contribution in [0.25, 0.3) is 0 Å². The van der Waals surface area contributed by atoms with Crippen LogP contribution < -0.4 is 5.32 Å². The van der Waals surface area contributed by atoms with Crippen LogP contribution >= 0.6 is 11.5 Å². The lowest BCUT2D eigenvalue weighted by Crippen LogP contribution is -2.57. The van der Waals surface area contributed by atoms with E-state index in [0.717, 1.165) is 11.5 Å². The van der Waals surface area contributed by atoms with Gasteiger partial charge in [0.05, 0.1) is 12.8 Å². The number of hydrogen-bond acceptors (Lipinski definition) is 7. The number of carbonyl (C=O) groups excluding carboxylic acids is 2. The van der Waals surface area contributed by atoms with Gasteiger partial charge in [-0.15, -0.1) is 5.10 Å². The molecule has 0 radical (unpaired) electrons. The van der Waals surface area contributed by atoms with E-state index in [2.05, 4.69) is 14.9 Å². The smallest absolute Gasteiger partial charge is 0.330 e. The largest absolute Gasteiger partial charge is 0.464 e. The first-order valence-corrected chi connectivity index (χ1v) is 6.47. The summed E-state index contributed by atoms with van der Waals surface area (Å²) in [6, 6.07) is -0.576. The van der Waals surface area contributed by atoms with Crippen molar-refractivity contribution in [1.82, 2.24) is 19.8 Å². The predicted molar refractivity (Wildman–Crippen MR) is 64.2 cm³/mol. The fourth-order valence-electron chi connectivity index (χ4n) is 1.80. The third-order valence-electron chi connectivity index (χ3n) is 2.64. The summed E-state index contributed by atoms with van der Waals surface area (Å²) < 4.78 is 8.64. The summed E-state index contributed by atoms with van der Waals surface area (Å²) in [5, 5.41) is 6.72. The van der Waals surface area contributed by atoms with Crippen LogP contribution in [0.2, 0.25) is 0 Å².